The van der Waals surface area contributed by atoms with E-state index in [4.69, 9.17) is 5.41 Å². The lowest BCUT2D eigenvalue weighted by Gasteiger charge is -1.73. The van der Waals surface area contributed by atoms with Crippen molar-refractivity contribution in [1.29, 1.82) is 5.41 Å². The molecule has 2 N–H and O–H groups in total. The summed E-state index contributed by atoms with van der Waals surface area (Å²) in [4.78, 5) is 10.7. The Morgan fingerprint density at radius 1 is 1.36 bits per heavy atom. The standard InChI is InChI=1S/C7H6N4/c8-7-6-5(10-4-11-6)2-1-3-9-7/h1-4,8H,(H,10,11). The third kappa shape index (κ3) is 0.881. The minimum atomic E-state index is 0.200. The maximum Gasteiger partial charge on any atom is 0.172 e. The molecule has 2 heterocycles. The molecule has 2 aromatic rings. The van der Waals surface area contributed by atoms with Crippen molar-refractivity contribution in [3.63, 3.8) is 0 Å². The van der Waals surface area contributed by atoms with Crippen LogP contribution in [-0.2, 0) is 0 Å². The minimum absolute atomic E-state index is 0.200. The summed E-state index contributed by atoms with van der Waals surface area (Å²) < 4.78 is 0. The van der Waals surface area contributed by atoms with Crippen molar-refractivity contribution in [2.75, 3.05) is 0 Å². The Hall–Kier alpha value is -1.71. The van der Waals surface area contributed by atoms with E-state index < -0.39 is 0 Å². The Bertz CT molecular complexity index is 431. The van der Waals surface area contributed by atoms with Crippen LogP contribution in [0.25, 0.3) is 11.0 Å². The highest BCUT2D eigenvalue weighted by molar-refractivity contribution is 5.71. The number of aromatic nitrogens is 3. The number of H-pyrrole nitrogens is 1. The molecule has 4 heteroatoms. The van der Waals surface area contributed by atoms with Crippen LogP contribution in [0.15, 0.2) is 24.7 Å². The van der Waals surface area contributed by atoms with E-state index in [0.29, 0.717) is 5.52 Å². The van der Waals surface area contributed by atoms with Gasteiger partial charge in [-0.3, -0.25) is 5.41 Å². The number of fused-ring (bicyclic) bond motifs is 1. The molecular formula is C7H6N4. The van der Waals surface area contributed by atoms with Gasteiger partial charge >= 0.3 is 0 Å². The molecule has 0 unspecified atom stereocenters. The predicted molar refractivity (Wildman–Crippen MR) is 39.7 cm³/mol. The van der Waals surface area contributed by atoms with E-state index in [1.165, 1.54) is 0 Å². The number of aromatic amines is 1. The van der Waals surface area contributed by atoms with Gasteiger partial charge in [-0.05, 0) is 12.1 Å². The molecule has 0 bridgehead atoms. The van der Waals surface area contributed by atoms with Crippen molar-refractivity contribution in [3.05, 3.63) is 30.1 Å². The van der Waals surface area contributed by atoms with Gasteiger partial charge in [-0.25, -0.2) is 9.97 Å². The number of rotatable bonds is 0. The number of imidazole rings is 1. The van der Waals surface area contributed by atoms with Crippen molar-refractivity contribution in [2.24, 2.45) is 0 Å². The van der Waals surface area contributed by atoms with Gasteiger partial charge in [-0.2, -0.15) is 0 Å². The summed E-state index contributed by atoms with van der Waals surface area (Å²) in [5.41, 5.74) is 1.65. The van der Waals surface area contributed by atoms with Gasteiger partial charge in [-0.1, -0.05) is 0 Å². The fourth-order valence-electron chi connectivity index (χ4n) is 0.938. The molecule has 0 atom stereocenters. The van der Waals surface area contributed by atoms with E-state index in [0.717, 1.165) is 5.52 Å². The quantitative estimate of drug-likeness (QED) is 0.566. The fraction of sp³-hybridized carbons (Fsp3) is 0. The first-order valence-corrected chi connectivity index (χ1v) is 3.21. The number of nitrogens with zero attached hydrogens (tertiary/aromatic N) is 2. The van der Waals surface area contributed by atoms with Gasteiger partial charge < -0.3 is 4.98 Å². The van der Waals surface area contributed by atoms with Crippen LogP contribution in [0.3, 0.4) is 0 Å². The number of hydrogen-bond acceptors (Lipinski definition) is 3. The molecule has 2 rings (SSSR count). The monoisotopic (exact) mass is 146 g/mol. The first-order chi connectivity index (χ1) is 5.38. The summed E-state index contributed by atoms with van der Waals surface area (Å²) in [5.74, 6) is 0. The molecule has 0 spiro atoms. The molecule has 0 aliphatic carbocycles. The van der Waals surface area contributed by atoms with E-state index >= 15 is 0 Å². The van der Waals surface area contributed by atoms with Crippen molar-refractivity contribution in [1.82, 2.24) is 15.0 Å². The van der Waals surface area contributed by atoms with Crippen molar-refractivity contribution in [3.8, 4) is 0 Å². The molecule has 0 fully saturated rings. The van der Waals surface area contributed by atoms with Crippen LogP contribution in [0.2, 0.25) is 0 Å². The van der Waals surface area contributed by atoms with E-state index in [-0.39, 0.29) is 5.49 Å². The van der Waals surface area contributed by atoms with Crippen LogP contribution < -0.4 is 5.49 Å². The van der Waals surface area contributed by atoms with E-state index in [2.05, 4.69) is 15.0 Å². The van der Waals surface area contributed by atoms with Crippen LogP contribution >= 0.6 is 0 Å². The van der Waals surface area contributed by atoms with Crippen LogP contribution in [0.5, 0.6) is 0 Å². The summed E-state index contributed by atoms with van der Waals surface area (Å²) in [6.45, 7) is 0. The lowest BCUT2D eigenvalue weighted by atomic mass is 10.4. The van der Waals surface area contributed by atoms with Gasteiger partial charge in [0.15, 0.2) is 5.49 Å². The zero-order valence-corrected chi connectivity index (χ0v) is 5.70. The average Bonchev–Trinajstić information content (AvgIpc) is 2.40. The second-order valence-corrected chi connectivity index (χ2v) is 2.15. The van der Waals surface area contributed by atoms with Gasteiger partial charge in [0.2, 0.25) is 0 Å². The highest BCUT2D eigenvalue weighted by atomic mass is 14.9. The Morgan fingerprint density at radius 3 is 3.18 bits per heavy atom. The summed E-state index contributed by atoms with van der Waals surface area (Å²) in [7, 11) is 0. The van der Waals surface area contributed by atoms with Crippen LogP contribution in [0.4, 0.5) is 0 Å². The highest BCUT2D eigenvalue weighted by Gasteiger charge is 1.93. The summed E-state index contributed by atoms with van der Waals surface area (Å²) in [6, 6.07) is 3.62. The molecule has 0 aliphatic heterocycles. The van der Waals surface area contributed by atoms with Gasteiger partial charge in [-0.15, -0.1) is 0 Å². The Morgan fingerprint density at radius 2 is 2.27 bits per heavy atom. The van der Waals surface area contributed by atoms with Gasteiger partial charge in [0.05, 0.1) is 11.8 Å². The predicted octanol–water partition coefficient (Wildman–Crippen LogP) is 0.437. The third-order valence-corrected chi connectivity index (χ3v) is 1.45. The molecular weight excluding hydrogens is 140 g/mol. The molecule has 0 aliphatic rings. The second-order valence-electron chi connectivity index (χ2n) is 2.15. The van der Waals surface area contributed by atoms with Crippen LogP contribution in [-0.4, -0.2) is 15.0 Å². The van der Waals surface area contributed by atoms with E-state index in [1.54, 1.807) is 18.6 Å². The van der Waals surface area contributed by atoms with Crippen molar-refractivity contribution < 1.29 is 0 Å². The Balaban J connectivity index is 3.09. The van der Waals surface area contributed by atoms with Crippen LogP contribution in [0, 0.1) is 5.41 Å². The smallest absolute Gasteiger partial charge is 0.172 e. The molecule has 0 saturated carbocycles. The molecule has 0 radical (unpaired) electrons. The normalized spacial score (nSPS) is 10.2. The largest absolute Gasteiger partial charge is 0.344 e. The average molecular weight is 146 g/mol. The lowest BCUT2D eigenvalue weighted by Crippen LogP contribution is -2.01. The lowest BCUT2D eigenvalue weighted by molar-refractivity contribution is 1.12. The maximum absolute atomic E-state index is 7.41. The third-order valence-electron chi connectivity index (χ3n) is 1.45. The molecule has 2 aromatic heterocycles. The first-order valence-electron chi connectivity index (χ1n) is 3.21. The van der Waals surface area contributed by atoms with E-state index in [1.807, 2.05) is 6.07 Å². The van der Waals surface area contributed by atoms with E-state index in [9.17, 15) is 0 Å². The maximum atomic E-state index is 7.41. The number of nitrogens with one attached hydrogen (secondary N) is 2. The fourth-order valence-corrected chi connectivity index (χ4v) is 0.938. The summed E-state index contributed by atoms with van der Waals surface area (Å²) in [6.07, 6.45) is 3.14. The molecule has 54 valence electrons. The summed E-state index contributed by atoms with van der Waals surface area (Å²) >= 11 is 0. The molecule has 0 amide bonds. The zero-order chi connectivity index (χ0) is 7.68. The SMILES string of the molecule is N=c1ncccc2[nH]cnc12. The topological polar surface area (TPSA) is 65.4 Å². The minimum Gasteiger partial charge on any atom is -0.344 e. The Kier molecular flexibility index (Phi) is 1.18. The molecule has 11 heavy (non-hydrogen) atoms. The zero-order valence-electron chi connectivity index (χ0n) is 5.70. The van der Waals surface area contributed by atoms with Crippen LogP contribution in [0.1, 0.15) is 0 Å². The molecule has 0 aromatic carbocycles. The summed E-state index contributed by atoms with van der Waals surface area (Å²) in [5, 5.41) is 7.41. The first kappa shape index (κ1) is 6.03. The van der Waals surface area contributed by atoms with Gasteiger partial charge in [0, 0.05) is 6.20 Å². The van der Waals surface area contributed by atoms with Crippen molar-refractivity contribution >= 4 is 11.0 Å². The molecule has 0 saturated heterocycles. The second kappa shape index (κ2) is 2.16. The molecule has 4 nitrogen and oxygen atoms in total. The van der Waals surface area contributed by atoms with Crippen molar-refractivity contribution in [2.45, 2.75) is 0 Å². The van der Waals surface area contributed by atoms with Gasteiger partial charge in [0.1, 0.15) is 5.52 Å². The Labute approximate surface area is 62.5 Å². The number of hydrogen-bond donors (Lipinski definition) is 2. The highest BCUT2D eigenvalue weighted by Crippen LogP contribution is 1.98. The van der Waals surface area contributed by atoms with Gasteiger partial charge in [0.25, 0.3) is 0 Å².